The molecule has 1 aromatic heterocycles. The Kier molecular flexibility index (Phi) is 6.64. The second-order valence-corrected chi connectivity index (χ2v) is 12.7. The lowest BCUT2D eigenvalue weighted by Crippen LogP contribution is -2.13. The summed E-state index contributed by atoms with van der Waals surface area (Å²) in [7, 11) is -6.62. The molecule has 4 aromatic rings. The van der Waals surface area contributed by atoms with E-state index >= 15 is 0 Å². The van der Waals surface area contributed by atoms with Crippen LogP contribution in [-0.2, 0) is 19.7 Å². The third-order valence-corrected chi connectivity index (χ3v) is 8.21. The van der Waals surface area contributed by atoms with Gasteiger partial charge < -0.3 is 9.88 Å². The van der Waals surface area contributed by atoms with E-state index in [-0.39, 0.29) is 15.7 Å². The molecule has 186 valence electrons. The molecule has 1 N–H and O–H groups in total. The van der Waals surface area contributed by atoms with Gasteiger partial charge in [0.1, 0.15) is 0 Å². The maximum absolute atomic E-state index is 13.1. The standard InChI is InChI=1S/C27H26N2O5S2/c1-18-17-25(27(30)28-21-11-15-23(16-12-21)36(4,33)34)19(2)29(18)26-8-6-5-7-24(26)20-9-13-22(14-10-20)35(3,31)32/h5-17H,1-4H3,(H,28,30). The minimum atomic E-state index is -3.32. The van der Waals surface area contributed by atoms with Crippen LogP contribution < -0.4 is 5.32 Å². The molecule has 0 radical (unpaired) electrons. The van der Waals surface area contributed by atoms with Crippen molar-refractivity contribution in [2.24, 2.45) is 0 Å². The lowest BCUT2D eigenvalue weighted by atomic mass is 10.0. The number of sulfone groups is 2. The number of amides is 1. The number of aryl methyl sites for hydroxylation is 1. The molecule has 0 fully saturated rings. The Morgan fingerprint density at radius 2 is 1.28 bits per heavy atom. The van der Waals surface area contributed by atoms with Gasteiger partial charge >= 0.3 is 0 Å². The summed E-state index contributed by atoms with van der Waals surface area (Å²) in [6.07, 6.45) is 2.31. The summed E-state index contributed by atoms with van der Waals surface area (Å²) in [6, 6.07) is 22.3. The molecular formula is C27H26N2O5S2. The number of rotatable bonds is 6. The highest BCUT2D eigenvalue weighted by atomic mass is 32.2. The summed E-state index contributed by atoms with van der Waals surface area (Å²) in [5, 5.41) is 2.83. The normalized spacial score (nSPS) is 11.9. The first-order valence-electron chi connectivity index (χ1n) is 11.1. The van der Waals surface area contributed by atoms with Crippen LogP contribution in [-0.4, -0.2) is 39.8 Å². The van der Waals surface area contributed by atoms with Crippen molar-refractivity contribution in [1.29, 1.82) is 0 Å². The van der Waals surface area contributed by atoms with Gasteiger partial charge in [-0.25, -0.2) is 16.8 Å². The Labute approximate surface area is 211 Å². The fraction of sp³-hybridized carbons (Fsp3) is 0.148. The molecule has 0 aliphatic carbocycles. The van der Waals surface area contributed by atoms with E-state index in [1.165, 1.54) is 18.4 Å². The maximum atomic E-state index is 13.1. The van der Waals surface area contributed by atoms with Gasteiger partial charge in [0.15, 0.2) is 19.7 Å². The van der Waals surface area contributed by atoms with Crippen LogP contribution in [0.25, 0.3) is 16.8 Å². The van der Waals surface area contributed by atoms with E-state index in [1.807, 2.05) is 42.7 Å². The quantitative estimate of drug-likeness (QED) is 0.391. The van der Waals surface area contributed by atoms with Crippen molar-refractivity contribution in [3.05, 3.63) is 95.8 Å². The number of carbonyl (C=O) groups is 1. The number of hydrogen-bond donors (Lipinski definition) is 1. The van der Waals surface area contributed by atoms with Gasteiger partial charge in [-0.05, 0) is 67.9 Å². The molecule has 4 rings (SSSR count). The number of hydrogen-bond acceptors (Lipinski definition) is 5. The van der Waals surface area contributed by atoms with Crippen LogP contribution in [0.1, 0.15) is 21.7 Å². The highest BCUT2D eigenvalue weighted by Crippen LogP contribution is 2.31. The smallest absolute Gasteiger partial charge is 0.257 e. The molecule has 36 heavy (non-hydrogen) atoms. The fourth-order valence-corrected chi connectivity index (χ4v) is 5.40. The molecule has 1 amide bonds. The van der Waals surface area contributed by atoms with Crippen LogP contribution in [0.15, 0.2) is 88.7 Å². The van der Waals surface area contributed by atoms with Crippen molar-refractivity contribution in [3.63, 3.8) is 0 Å². The van der Waals surface area contributed by atoms with E-state index in [4.69, 9.17) is 0 Å². The van der Waals surface area contributed by atoms with E-state index in [1.54, 1.807) is 42.5 Å². The number of anilines is 1. The molecule has 0 aliphatic heterocycles. The van der Waals surface area contributed by atoms with Gasteiger partial charge in [0, 0.05) is 35.2 Å². The average molecular weight is 523 g/mol. The Hall–Kier alpha value is -3.69. The van der Waals surface area contributed by atoms with Crippen molar-refractivity contribution in [2.45, 2.75) is 23.6 Å². The van der Waals surface area contributed by atoms with Crippen molar-refractivity contribution in [1.82, 2.24) is 4.57 Å². The third-order valence-electron chi connectivity index (χ3n) is 5.95. The second-order valence-electron chi connectivity index (χ2n) is 8.68. The molecule has 0 bridgehead atoms. The monoisotopic (exact) mass is 522 g/mol. The Bertz CT molecular complexity index is 1670. The molecule has 9 heteroatoms. The van der Waals surface area contributed by atoms with Crippen LogP contribution in [0.5, 0.6) is 0 Å². The molecule has 3 aromatic carbocycles. The fourth-order valence-electron chi connectivity index (χ4n) is 4.14. The zero-order valence-corrected chi connectivity index (χ0v) is 21.9. The number of nitrogens with one attached hydrogen (secondary N) is 1. The van der Waals surface area contributed by atoms with Crippen molar-refractivity contribution in [2.75, 3.05) is 17.8 Å². The highest BCUT2D eigenvalue weighted by Gasteiger charge is 2.19. The summed E-state index contributed by atoms with van der Waals surface area (Å²) in [6.45, 7) is 3.77. The van der Waals surface area contributed by atoms with E-state index in [0.717, 1.165) is 34.5 Å². The van der Waals surface area contributed by atoms with Crippen LogP contribution in [0, 0.1) is 13.8 Å². The Morgan fingerprint density at radius 3 is 1.83 bits per heavy atom. The highest BCUT2D eigenvalue weighted by molar-refractivity contribution is 7.91. The number of aromatic nitrogens is 1. The summed E-state index contributed by atoms with van der Waals surface area (Å²) in [5.41, 5.74) is 5.16. The SMILES string of the molecule is Cc1cc(C(=O)Nc2ccc(S(C)(=O)=O)cc2)c(C)n1-c1ccccc1-c1ccc(S(C)(=O)=O)cc1. The van der Waals surface area contributed by atoms with Gasteiger partial charge in [-0.1, -0.05) is 30.3 Å². The van der Waals surface area contributed by atoms with Crippen molar-refractivity contribution in [3.8, 4) is 16.8 Å². The minimum absolute atomic E-state index is 0.180. The molecule has 7 nitrogen and oxygen atoms in total. The van der Waals surface area contributed by atoms with E-state index in [2.05, 4.69) is 5.32 Å². The van der Waals surface area contributed by atoms with Crippen LogP contribution in [0.3, 0.4) is 0 Å². The largest absolute Gasteiger partial charge is 0.322 e. The van der Waals surface area contributed by atoms with Crippen LogP contribution in [0.4, 0.5) is 5.69 Å². The van der Waals surface area contributed by atoms with Gasteiger partial charge in [0.2, 0.25) is 0 Å². The molecule has 1 heterocycles. The first-order chi connectivity index (χ1) is 16.9. The maximum Gasteiger partial charge on any atom is 0.257 e. The summed E-state index contributed by atoms with van der Waals surface area (Å²) < 4.78 is 49.0. The summed E-state index contributed by atoms with van der Waals surface area (Å²) in [5.74, 6) is -0.309. The van der Waals surface area contributed by atoms with Crippen molar-refractivity contribution >= 4 is 31.3 Å². The lowest BCUT2D eigenvalue weighted by Gasteiger charge is -2.16. The van der Waals surface area contributed by atoms with E-state index < -0.39 is 19.7 Å². The van der Waals surface area contributed by atoms with Gasteiger partial charge in [0.25, 0.3) is 5.91 Å². The number of para-hydroxylation sites is 1. The molecule has 0 atom stereocenters. The predicted octanol–water partition coefficient (Wildman–Crippen LogP) is 4.82. The molecule has 0 saturated carbocycles. The molecule has 0 saturated heterocycles. The summed E-state index contributed by atoms with van der Waals surface area (Å²) >= 11 is 0. The number of nitrogens with zero attached hydrogens (tertiary/aromatic N) is 1. The number of carbonyl (C=O) groups excluding carboxylic acids is 1. The van der Waals surface area contributed by atoms with Crippen LogP contribution in [0.2, 0.25) is 0 Å². The Balaban J connectivity index is 1.69. The second kappa shape index (κ2) is 9.40. The minimum Gasteiger partial charge on any atom is -0.322 e. The topological polar surface area (TPSA) is 102 Å². The molecule has 0 spiro atoms. The molecule has 0 aliphatic rings. The molecular weight excluding hydrogens is 496 g/mol. The van der Waals surface area contributed by atoms with Crippen molar-refractivity contribution < 1.29 is 21.6 Å². The lowest BCUT2D eigenvalue weighted by molar-refractivity contribution is 0.102. The Morgan fingerprint density at radius 1 is 0.750 bits per heavy atom. The van der Waals surface area contributed by atoms with E-state index in [0.29, 0.717) is 11.3 Å². The first-order valence-corrected chi connectivity index (χ1v) is 14.8. The van der Waals surface area contributed by atoms with Gasteiger partial charge in [-0.2, -0.15) is 0 Å². The predicted molar refractivity (Wildman–Crippen MR) is 141 cm³/mol. The third kappa shape index (κ3) is 5.12. The van der Waals surface area contributed by atoms with E-state index in [9.17, 15) is 21.6 Å². The van der Waals surface area contributed by atoms with Crippen LogP contribution >= 0.6 is 0 Å². The first kappa shape index (κ1) is 25.4. The molecule has 0 unspecified atom stereocenters. The zero-order chi connectivity index (χ0) is 26.3. The average Bonchev–Trinajstić information content (AvgIpc) is 3.12. The summed E-state index contributed by atoms with van der Waals surface area (Å²) in [4.78, 5) is 13.5. The zero-order valence-electron chi connectivity index (χ0n) is 20.3. The number of benzene rings is 3. The van der Waals surface area contributed by atoms with Gasteiger partial charge in [-0.3, -0.25) is 4.79 Å². The van der Waals surface area contributed by atoms with Gasteiger partial charge in [0.05, 0.1) is 21.0 Å². The van der Waals surface area contributed by atoms with Gasteiger partial charge in [-0.15, -0.1) is 0 Å².